The molecule has 6 nitrogen and oxygen atoms in total. The topological polar surface area (TPSA) is 56.6 Å². The third kappa shape index (κ3) is 2.44. The van der Waals surface area contributed by atoms with Crippen molar-refractivity contribution >= 4 is 5.91 Å². The third-order valence-electron chi connectivity index (χ3n) is 4.54. The van der Waals surface area contributed by atoms with Gasteiger partial charge in [-0.2, -0.15) is 5.10 Å². The Labute approximate surface area is 131 Å². The van der Waals surface area contributed by atoms with Gasteiger partial charge in [0.2, 0.25) is 0 Å². The lowest BCUT2D eigenvalue weighted by Gasteiger charge is -2.47. The van der Waals surface area contributed by atoms with E-state index in [9.17, 15) is 4.79 Å². The highest BCUT2D eigenvalue weighted by Gasteiger charge is 2.44. The van der Waals surface area contributed by atoms with E-state index in [0.29, 0.717) is 25.4 Å². The van der Waals surface area contributed by atoms with Crippen LogP contribution in [0.5, 0.6) is 0 Å². The summed E-state index contributed by atoms with van der Waals surface area (Å²) in [4.78, 5) is 14.6. The number of carbonyl (C=O) groups excluding carboxylic acids is 1. The monoisotopic (exact) mass is 307 g/mol. The molecule has 0 unspecified atom stereocenters. The van der Waals surface area contributed by atoms with Gasteiger partial charge in [0.05, 0.1) is 31.0 Å². The zero-order valence-electron chi connectivity index (χ0n) is 14.0. The molecule has 1 amide bonds. The number of rotatable bonds is 3. The fourth-order valence-corrected chi connectivity index (χ4v) is 3.71. The number of hydrogen-bond donors (Lipinski definition) is 0. The van der Waals surface area contributed by atoms with Crippen molar-refractivity contribution in [2.45, 2.75) is 51.9 Å². The molecule has 2 atom stereocenters. The van der Waals surface area contributed by atoms with E-state index in [4.69, 9.17) is 9.47 Å². The van der Waals surface area contributed by atoms with Crippen LogP contribution < -0.4 is 0 Å². The molecular formula is C16H25N3O3. The maximum atomic E-state index is 12.8. The number of hydrogen-bond acceptors (Lipinski definition) is 4. The molecule has 6 heteroatoms. The van der Waals surface area contributed by atoms with E-state index in [2.05, 4.69) is 5.10 Å². The van der Waals surface area contributed by atoms with Gasteiger partial charge >= 0.3 is 0 Å². The van der Waals surface area contributed by atoms with Gasteiger partial charge in [-0.25, -0.2) is 0 Å². The third-order valence-corrected chi connectivity index (χ3v) is 4.54. The lowest BCUT2D eigenvalue weighted by atomic mass is 9.94. The second-order valence-corrected chi connectivity index (χ2v) is 6.67. The van der Waals surface area contributed by atoms with Gasteiger partial charge in [0.1, 0.15) is 5.60 Å². The summed E-state index contributed by atoms with van der Waals surface area (Å²) in [5.74, 6) is 0.00956. The minimum absolute atomic E-state index is 0.00956. The predicted molar refractivity (Wildman–Crippen MR) is 81.8 cm³/mol. The molecule has 2 aliphatic heterocycles. The summed E-state index contributed by atoms with van der Waals surface area (Å²) in [6, 6.07) is 0. The zero-order valence-corrected chi connectivity index (χ0v) is 14.0. The van der Waals surface area contributed by atoms with Crippen molar-refractivity contribution in [1.82, 2.24) is 14.7 Å². The van der Waals surface area contributed by atoms with Gasteiger partial charge in [-0.3, -0.25) is 9.48 Å². The Balaban J connectivity index is 1.82. The van der Waals surface area contributed by atoms with E-state index < -0.39 is 0 Å². The first kappa shape index (κ1) is 15.5. The summed E-state index contributed by atoms with van der Waals surface area (Å²) in [5, 5.41) is 4.48. The number of nitrogens with zero attached hydrogens (tertiary/aromatic N) is 3. The van der Waals surface area contributed by atoms with Crippen LogP contribution in [0.15, 0.2) is 0 Å². The van der Waals surface area contributed by atoms with Crippen molar-refractivity contribution in [3.05, 3.63) is 17.0 Å². The van der Waals surface area contributed by atoms with Gasteiger partial charge < -0.3 is 14.4 Å². The van der Waals surface area contributed by atoms with Crippen LogP contribution in [0, 0.1) is 0 Å². The zero-order chi connectivity index (χ0) is 16.1. The van der Waals surface area contributed by atoms with Crippen molar-refractivity contribution in [2.75, 3.05) is 19.7 Å². The fourth-order valence-electron chi connectivity index (χ4n) is 3.71. The Morgan fingerprint density at radius 1 is 1.45 bits per heavy atom. The standard InChI is InChI=1S/C16H25N3O3/c1-6-21-16(4)8-19(9-16)15(20)13-12-7-10(2)22-11(3)14(12)18(5)17-13/h10-11H,6-9H2,1-5H3/t10-,11+/m0/s1. The molecule has 0 radical (unpaired) electrons. The molecule has 122 valence electrons. The Kier molecular flexibility index (Phi) is 3.77. The lowest BCUT2D eigenvalue weighted by Crippen LogP contribution is -2.63. The molecule has 0 spiro atoms. The highest BCUT2D eigenvalue weighted by atomic mass is 16.5. The average molecular weight is 307 g/mol. The van der Waals surface area contributed by atoms with Gasteiger partial charge in [0.15, 0.2) is 5.69 Å². The fraction of sp³-hybridized carbons (Fsp3) is 0.750. The quantitative estimate of drug-likeness (QED) is 0.853. The molecule has 1 aromatic heterocycles. The smallest absolute Gasteiger partial charge is 0.274 e. The Hall–Kier alpha value is -1.40. The molecule has 22 heavy (non-hydrogen) atoms. The average Bonchev–Trinajstić information content (AvgIpc) is 2.72. The van der Waals surface area contributed by atoms with Gasteiger partial charge in [-0.15, -0.1) is 0 Å². The van der Waals surface area contributed by atoms with Crippen LogP contribution in [0.4, 0.5) is 0 Å². The second kappa shape index (κ2) is 5.35. The molecule has 3 heterocycles. The minimum atomic E-state index is -0.205. The van der Waals surface area contributed by atoms with E-state index in [-0.39, 0.29) is 23.7 Å². The van der Waals surface area contributed by atoms with Gasteiger partial charge in [-0.05, 0) is 27.7 Å². The van der Waals surface area contributed by atoms with Crippen LogP contribution >= 0.6 is 0 Å². The normalized spacial score (nSPS) is 26.5. The summed E-state index contributed by atoms with van der Waals surface area (Å²) < 4.78 is 13.3. The number of amides is 1. The van der Waals surface area contributed by atoms with Crippen LogP contribution in [0.1, 0.15) is 55.5 Å². The number of aryl methyl sites for hydroxylation is 1. The van der Waals surface area contributed by atoms with Crippen LogP contribution in [-0.4, -0.2) is 52.0 Å². The number of likely N-dealkylation sites (tertiary alicyclic amines) is 1. The molecule has 0 N–H and O–H groups in total. The van der Waals surface area contributed by atoms with Gasteiger partial charge in [0, 0.05) is 25.6 Å². The molecular weight excluding hydrogens is 282 g/mol. The maximum absolute atomic E-state index is 12.8. The molecule has 0 saturated carbocycles. The predicted octanol–water partition coefficient (Wildman–Crippen LogP) is 1.69. The molecule has 1 aromatic rings. The van der Waals surface area contributed by atoms with Crippen LogP contribution in [0.2, 0.25) is 0 Å². The second-order valence-electron chi connectivity index (χ2n) is 6.67. The highest BCUT2D eigenvalue weighted by Crippen LogP contribution is 2.33. The molecule has 0 bridgehead atoms. The maximum Gasteiger partial charge on any atom is 0.274 e. The van der Waals surface area contributed by atoms with Crippen molar-refractivity contribution in [1.29, 1.82) is 0 Å². The van der Waals surface area contributed by atoms with E-state index in [1.807, 2.05) is 39.6 Å². The Morgan fingerprint density at radius 2 is 2.14 bits per heavy atom. The van der Waals surface area contributed by atoms with Crippen molar-refractivity contribution < 1.29 is 14.3 Å². The lowest BCUT2D eigenvalue weighted by molar-refractivity contribution is -0.113. The highest BCUT2D eigenvalue weighted by molar-refractivity contribution is 5.95. The van der Waals surface area contributed by atoms with E-state index >= 15 is 0 Å². The SMILES string of the molecule is CCOC1(C)CN(C(=O)c2nn(C)c3c2C[C@H](C)O[C@@H]3C)C1. The molecule has 0 aromatic carbocycles. The summed E-state index contributed by atoms with van der Waals surface area (Å²) in [6.45, 7) is 10.0. The van der Waals surface area contributed by atoms with Crippen molar-refractivity contribution in [3.63, 3.8) is 0 Å². The molecule has 0 aliphatic carbocycles. The molecule has 3 rings (SSSR count). The molecule has 2 aliphatic rings. The summed E-state index contributed by atoms with van der Waals surface area (Å²) >= 11 is 0. The first-order valence-corrected chi connectivity index (χ1v) is 7.99. The number of fused-ring (bicyclic) bond motifs is 1. The molecule has 1 fully saturated rings. The van der Waals surface area contributed by atoms with E-state index in [1.54, 1.807) is 4.68 Å². The number of ether oxygens (including phenoxy) is 2. The number of aromatic nitrogens is 2. The largest absolute Gasteiger partial charge is 0.372 e. The van der Waals surface area contributed by atoms with Crippen LogP contribution in [0.3, 0.4) is 0 Å². The first-order valence-electron chi connectivity index (χ1n) is 7.99. The summed E-state index contributed by atoms with van der Waals surface area (Å²) in [5.41, 5.74) is 2.44. The summed E-state index contributed by atoms with van der Waals surface area (Å²) in [7, 11) is 1.88. The Bertz CT molecular complexity index is 590. The van der Waals surface area contributed by atoms with Gasteiger partial charge in [-0.1, -0.05) is 0 Å². The summed E-state index contributed by atoms with van der Waals surface area (Å²) in [6.07, 6.45) is 0.830. The van der Waals surface area contributed by atoms with E-state index in [0.717, 1.165) is 17.7 Å². The number of carbonyl (C=O) groups is 1. The van der Waals surface area contributed by atoms with Crippen molar-refractivity contribution in [2.24, 2.45) is 7.05 Å². The van der Waals surface area contributed by atoms with Crippen LogP contribution in [0.25, 0.3) is 0 Å². The Morgan fingerprint density at radius 3 is 2.77 bits per heavy atom. The first-order chi connectivity index (χ1) is 10.3. The van der Waals surface area contributed by atoms with E-state index in [1.165, 1.54) is 0 Å². The van der Waals surface area contributed by atoms with Crippen LogP contribution in [-0.2, 0) is 22.9 Å². The molecule has 1 saturated heterocycles. The van der Waals surface area contributed by atoms with Crippen molar-refractivity contribution in [3.8, 4) is 0 Å². The minimum Gasteiger partial charge on any atom is -0.372 e. The van der Waals surface area contributed by atoms with Gasteiger partial charge in [0.25, 0.3) is 5.91 Å².